The fourth-order valence-corrected chi connectivity index (χ4v) is 2.73. The number of aromatic nitrogens is 2. The van der Waals surface area contributed by atoms with Crippen molar-refractivity contribution in [2.24, 2.45) is 0 Å². The standard InChI is InChI=1S/C16H18N4O4/c1-2-12-11(16(22)23)10-13(24-12)15(21)20-8-6-19(7-9-20)14-4-3-5-17-18-14/h3-5,10H,2,6-9H2,1H3,(H,22,23). The molecule has 1 amide bonds. The molecule has 0 aliphatic carbocycles. The van der Waals surface area contributed by atoms with Gasteiger partial charge in [0.05, 0.1) is 0 Å². The quantitative estimate of drug-likeness (QED) is 0.901. The molecule has 0 aromatic carbocycles. The average Bonchev–Trinajstić information content (AvgIpc) is 3.07. The lowest BCUT2D eigenvalue weighted by molar-refractivity contribution is 0.0690. The number of aromatic carboxylic acids is 1. The molecule has 1 aliphatic rings. The highest BCUT2D eigenvalue weighted by atomic mass is 16.4. The zero-order valence-electron chi connectivity index (χ0n) is 13.3. The van der Waals surface area contributed by atoms with E-state index >= 15 is 0 Å². The number of carbonyl (C=O) groups excluding carboxylic acids is 1. The van der Waals surface area contributed by atoms with Crippen molar-refractivity contribution in [2.75, 3.05) is 31.1 Å². The van der Waals surface area contributed by atoms with E-state index in [1.165, 1.54) is 6.07 Å². The minimum absolute atomic E-state index is 0.0547. The normalized spacial score (nSPS) is 14.7. The van der Waals surface area contributed by atoms with E-state index in [-0.39, 0.29) is 17.2 Å². The van der Waals surface area contributed by atoms with Crippen molar-refractivity contribution in [2.45, 2.75) is 13.3 Å². The molecular formula is C16H18N4O4. The fraction of sp³-hybridized carbons (Fsp3) is 0.375. The highest BCUT2D eigenvalue weighted by Crippen LogP contribution is 2.19. The first-order valence-corrected chi connectivity index (χ1v) is 7.78. The van der Waals surface area contributed by atoms with Crippen LogP contribution in [0.2, 0.25) is 0 Å². The molecule has 0 saturated carbocycles. The van der Waals surface area contributed by atoms with Crippen molar-refractivity contribution in [3.05, 3.63) is 41.5 Å². The summed E-state index contributed by atoms with van der Waals surface area (Å²) < 4.78 is 5.44. The minimum Gasteiger partial charge on any atom is -0.478 e. The maximum Gasteiger partial charge on any atom is 0.339 e. The summed E-state index contributed by atoms with van der Waals surface area (Å²) in [6.45, 7) is 4.09. The number of carboxylic acid groups (broad SMARTS) is 1. The molecule has 2 aromatic heterocycles. The molecule has 0 unspecified atom stereocenters. The number of carboxylic acids is 1. The first-order valence-electron chi connectivity index (χ1n) is 7.78. The predicted octanol–water partition coefficient (Wildman–Crippen LogP) is 1.29. The Bertz CT molecular complexity index is 736. The van der Waals surface area contributed by atoms with Crippen LogP contribution in [-0.2, 0) is 6.42 Å². The van der Waals surface area contributed by atoms with Gasteiger partial charge in [0.1, 0.15) is 11.3 Å². The smallest absolute Gasteiger partial charge is 0.339 e. The van der Waals surface area contributed by atoms with Crippen molar-refractivity contribution < 1.29 is 19.1 Å². The number of furan rings is 1. The van der Waals surface area contributed by atoms with Gasteiger partial charge in [-0.3, -0.25) is 4.79 Å². The highest BCUT2D eigenvalue weighted by molar-refractivity contribution is 5.96. The molecule has 0 spiro atoms. The van der Waals surface area contributed by atoms with E-state index < -0.39 is 5.97 Å². The van der Waals surface area contributed by atoms with Crippen molar-refractivity contribution >= 4 is 17.7 Å². The number of carbonyl (C=O) groups is 2. The Morgan fingerprint density at radius 1 is 1.29 bits per heavy atom. The predicted molar refractivity (Wildman–Crippen MR) is 85.2 cm³/mol. The van der Waals surface area contributed by atoms with Crippen LogP contribution in [0.3, 0.4) is 0 Å². The maximum atomic E-state index is 12.5. The SMILES string of the molecule is CCc1oc(C(=O)N2CCN(c3cccnn3)CC2)cc1C(=O)O. The van der Waals surface area contributed by atoms with Gasteiger partial charge in [-0.05, 0) is 12.1 Å². The Kier molecular flexibility index (Phi) is 4.45. The Morgan fingerprint density at radius 2 is 2.04 bits per heavy atom. The van der Waals surface area contributed by atoms with Crippen LogP contribution in [-0.4, -0.2) is 58.3 Å². The third-order valence-electron chi connectivity index (χ3n) is 4.02. The van der Waals surface area contributed by atoms with Crippen molar-refractivity contribution in [3.63, 3.8) is 0 Å². The van der Waals surface area contributed by atoms with Gasteiger partial charge in [0, 0.05) is 44.9 Å². The number of aryl methyl sites for hydroxylation is 1. The van der Waals surface area contributed by atoms with Crippen LogP contribution in [0.1, 0.15) is 33.6 Å². The van der Waals surface area contributed by atoms with Crippen LogP contribution >= 0.6 is 0 Å². The van der Waals surface area contributed by atoms with Crippen LogP contribution in [0, 0.1) is 0 Å². The number of nitrogens with zero attached hydrogens (tertiary/aromatic N) is 4. The van der Waals surface area contributed by atoms with Crippen LogP contribution in [0.4, 0.5) is 5.82 Å². The largest absolute Gasteiger partial charge is 0.478 e. The summed E-state index contributed by atoms with van der Waals surface area (Å²) >= 11 is 0. The van der Waals surface area contributed by atoms with Crippen molar-refractivity contribution in [1.29, 1.82) is 0 Å². The summed E-state index contributed by atoms with van der Waals surface area (Å²) in [5, 5.41) is 17.1. The zero-order chi connectivity index (χ0) is 17.1. The molecule has 0 bridgehead atoms. The van der Waals surface area contributed by atoms with E-state index in [4.69, 9.17) is 9.52 Å². The molecule has 1 N–H and O–H groups in total. The molecule has 2 aromatic rings. The molecule has 3 heterocycles. The third kappa shape index (κ3) is 3.08. The van der Waals surface area contributed by atoms with Gasteiger partial charge < -0.3 is 19.3 Å². The van der Waals surface area contributed by atoms with E-state index in [0.29, 0.717) is 38.4 Å². The summed E-state index contributed by atoms with van der Waals surface area (Å²) in [6, 6.07) is 5.02. The topological polar surface area (TPSA) is 99.8 Å². The molecule has 0 atom stereocenters. The van der Waals surface area contributed by atoms with Crippen LogP contribution < -0.4 is 4.90 Å². The van der Waals surface area contributed by atoms with Crippen molar-refractivity contribution in [3.8, 4) is 0 Å². The monoisotopic (exact) mass is 330 g/mol. The van der Waals surface area contributed by atoms with Crippen molar-refractivity contribution in [1.82, 2.24) is 15.1 Å². The number of hydrogen-bond acceptors (Lipinski definition) is 6. The Balaban J connectivity index is 1.68. The molecule has 8 nitrogen and oxygen atoms in total. The van der Waals surface area contributed by atoms with Gasteiger partial charge in [-0.15, -0.1) is 5.10 Å². The lowest BCUT2D eigenvalue weighted by Gasteiger charge is -2.34. The van der Waals surface area contributed by atoms with Crippen LogP contribution in [0.15, 0.2) is 28.8 Å². The highest BCUT2D eigenvalue weighted by Gasteiger charge is 2.27. The van der Waals surface area contributed by atoms with Gasteiger partial charge in [0.25, 0.3) is 5.91 Å². The molecule has 1 aliphatic heterocycles. The lowest BCUT2D eigenvalue weighted by atomic mass is 10.2. The summed E-state index contributed by atoms with van der Waals surface area (Å²) in [5.41, 5.74) is 0.0547. The third-order valence-corrected chi connectivity index (χ3v) is 4.02. The number of amides is 1. The van der Waals surface area contributed by atoms with E-state index in [1.807, 2.05) is 12.1 Å². The number of anilines is 1. The van der Waals surface area contributed by atoms with Crippen LogP contribution in [0.25, 0.3) is 0 Å². The molecule has 0 radical (unpaired) electrons. The second-order valence-corrected chi connectivity index (χ2v) is 5.47. The Morgan fingerprint density at radius 3 is 2.58 bits per heavy atom. The minimum atomic E-state index is -1.08. The zero-order valence-corrected chi connectivity index (χ0v) is 13.3. The molecule has 3 rings (SSSR count). The number of piperazine rings is 1. The summed E-state index contributed by atoms with van der Waals surface area (Å²) in [4.78, 5) is 27.4. The summed E-state index contributed by atoms with van der Waals surface area (Å²) in [5.74, 6) is -0.177. The van der Waals surface area contributed by atoms with Gasteiger partial charge in [0.15, 0.2) is 11.6 Å². The molecule has 8 heteroatoms. The van der Waals surface area contributed by atoms with E-state index in [2.05, 4.69) is 15.1 Å². The molecule has 126 valence electrons. The molecular weight excluding hydrogens is 312 g/mol. The maximum absolute atomic E-state index is 12.5. The summed E-state index contributed by atoms with van der Waals surface area (Å²) in [6.07, 6.45) is 2.04. The van der Waals surface area contributed by atoms with E-state index in [1.54, 1.807) is 18.0 Å². The lowest BCUT2D eigenvalue weighted by Crippen LogP contribution is -2.49. The Hall–Kier alpha value is -2.90. The first-order chi connectivity index (χ1) is 11.6. The van der Waals surface area contributed by atoms with Gasteiger partial charge in [-0.1, -0.05) is 6.92 Å². The fourth-order valence-electron chi connectivity index (χ4n) is 2.73. The number of hydrogen-bond donors (Lipinski definition) is 1. The van der Waals surface area contributed by atoms with Gasteiger partial charge in [0.2, 0.25) is 0 Å². The number of rotatable bonds is 4. The Labute approximate surface area is 138 Å². The van der Waals surface area contributed by atoms with Crippen LogP contribution in [0.5, 0.6) is 0 Å². The molecule has 24 heavy (non-hydrogen) atoms. The second kappa shape index (κ2) is 6.69. The van der Waals surface area contributed by atoms with Gasteiger partial charge >= 0.3 is 5.97 Å². The molecule has 1 saturated heterocycles. The second-order valence-electron chi connectivity index (χ2n) is 5.47. The van der Waals surface area contributed by atoms with E-state index in [9.17, 15) is 9.59 Å². The first kappa shape index (κ1) is 16.0. The van der Waals surface area contributed by atoms with Gasteiger partial charge in [-0.25, -0.2) is 4.79 Å². The average molecular weight is 330 g/mol. The molecule has 1 fully saturated rings. The van der Waals surface area contributed by atoms with Gasteiger partial charge in [-0.2, -0.15) is 5.10 Å². The summed E-state index contributed by atoms with van der Waals surface area (Å²) in [7, 11) is 0. The van der Waals surface area contributed by atoms with E-state index in [0.717, 1.165) is 5.82 Å².